The number of hydrogen-bond acceptors (Lipinski definition) is 3. The maximum Gasteiger partial charge on any atom is 0.160 e. The predicted octanol–water partition coefficient (Wildman–Crippen LogP) is 13.8. The summed E-state index contributed by atoms with van der Waals surface area (Å²) in [5, 5.41) is 4.52. The third-order valence-corrected chi connectivity index (χ3v) is 10.8. The largest absolute Gasteiger partial charge is 0.455 e. The lowest BCUT2D eigenvalue weighted by atomic mass is 9.98. The molecule has 0 bridgehead atoms. The van der Waals surface area contributed by atoms with Gasteiger partial charge in [-0.3, -0.25) is 0 Å². The van der Waals surface area contributed by atoms with Crippen molar-refractivity contribution < 1.29 is 4.42 Å². The van der Waals surface area contributed by atoms with Crippen molar-refractivity contribution in [3.8, 4) is 61.8 Å². The summed E-state index contributed by atoms with van der Waals surface area (Å²) < 4.78 is 9.03. The molecule has 11 rings (SSSR count). The highest BCUT2D eigenvalue weighted by Crippen LogP contribution is 2.41. The highest BCUT2D eigenvalue weighted by Gasteiger charge is 2.20. The Balaban J connectivity index is 1.14. The second-order valence-electron chi connectivity index (χ2n) is 14.2. The van der Waals surface area contributed by atoms with E-state index in [0.29, 0.717) is 5.82 Å². The standard InChI is InChI=1S/C52H33N3O/c1-4-14-34(15-5-1)35-24-26-36(27-25-35)44-31-40(32-45-43-21-11-13-23-50(43)56-51(44)45)55-48-22-12-10-20-41(48)42-29-28-39(30-49(42)55)52-53-46(37-16-6-2-7-17-37)33-47(54-52)38-18-8-3-9-19-38/h1-33H. The van der Waals surface area contributed by atoms with Crippen LogP contribution in [0.4, 0.5) is 0 Å². The Labute approximate surface area is 323 Å². The van der Waals surface area contributed by atoms with Crippen molar-refractivity contribution in [2.45, 2.75) is 0 Å². The summed E-state index contributed by atoms with van der Waals surface area (Å²) in [6, 6.07) is 70.2. The van der Waals surface area contributed by atoms with Crippen molar-refractivity contribution in [2.24, 2.45) is 0 Å². The first kappa shape index (κ1) is 31.9. The van der Waals surface area contributed by atoms with Gasteiger partial charge in [0, 0.05) is 49.5 Å². The van der Waals surface area contributed by atoms with Gasteiger partial charge in [-0.05, 0) is 53.1 Å². The van der Waals surface area contributed by atoms with E-state index in [4.69, 9.17) is 14.4 Å². The van der Waals surface area contributed by atoms with Crippen LogP contribution in [0.5, 0.6) is 0 Å². The zero-order valence-electron chi connectivity index (χ0n) is 30.3. The fraction of sp³-hybridized carbons (Fsp3) is 0. The summed E-state index contributed by atoms with van der Waals surface area (Å²) in [4.78, 5) is 10.4. The Hall–Kier alpha value is -7.56. The molecule has 262 valence electrons. The van der Waals surface area contributed by atoms with E-state index in [2.05, 4.69) is 187 Å². The molecule has 56 heavy (non-hydrogen) atoms. The van der Waals surface area contributed by atoms with Crippen LogP contribution in [0.2, 0.25) is 0 Å². The molecule has 0 saturated heterocycles. The van der Waals surface area contributed by atoms with Gasteiger partial charge in [-0.25, -0.2) is 9.97 Å². The van der Waals surface area contributed by atoms with Gasteiger partial charge in [0.1, 0.15) is 11.2 Å². The van der Waals surface area contributed by atoms with Crippen LogP contribution in [0, 0.1) is 0 Å². The monoisotopic (exact) mass is 715 g/mol. The summed E-state index contributed by atoms with van der Waals surface area (Å²) in [5.41, 5.74) is 14.3. The third-order valence-electron chi connectivity index (χ3n) is 10.8. The average molecular weight is 716 g/mol. The Kier molecular flexibility index (Phi) is 7.46. The van der Waals surface area contributed by atoms with Gasteiger partial charge < -0.3 is 8.98 Å². The molecule has 11 aromatic rings. The second kappa shape index (κ2) is 13.1. The molecule has 0 radical (unpaired) electrons. The lowest BCUT2D eigenvalue weighted by Crippen LogP contribution is -1.97. The van der Waals surface area contributed by atoms with Gasteiger partial charge in [0.05, 0.1) is 22.4 Å². The highest BCUT2D eigenvalue weighted by atomic mass is 16.3. The third kappa shape index (κ3) is 5.39. The van der Waals surface area contributed by atoms with E-state index in [-0.39, 0.29) is 0 Å². The van der Waals surface area contributed by atoms with Crippen LogP contribution < -0.4 is 0 Å². The molecule has 0 atom stereocenters. The van der Waals surface area contributed by atoms with Crippen LogP contribution in [-0.4, -0.2) is 14.5 Å². The molecular formula is C52H33N3O. The molecule has 0 saturated carbocycles. The quantitative estimate of drug-likeness (QED) is 0.172. The average Bonchev–Trinajstić information content (AvgIpc) is 3.82. The predicted molar refractivity (Wildman–Crippen MR) is 231 cm³/mol. The van der Waals surface area contributed by atoms with E-state index < -0.39 is 0 Å². The molecule has 0 aliphatic heterocycles. The maximum atomic E-state index is 6.65. The van der Waals surface area contributed by atoms with Gasteiger partial charge in [0.2, 0.25) is 0 Å². The van der Waals surface area contributed by atoms with E-state index in [1.807, 2.05) is 18.2 Å². The van der Waals surface area contributed by atoms with E-state index in [9.17, 15) is 0 Å². The van der Waals surface area contributed by atoms with Gasteiger partial charge in [0.15, 0.2) is 5.82 Å². The van der Waals surface area contributed by atoms with Crippen molar-refractivity contribution >= 4 is 43.7 Å². The normalized spacial score (nSPS) is 11.6. The van der Waals surface area contributed by atoms with Crippen LogP contribution in [0.3, 0.4) is 0 Å². The molecule has 4 heteroatoms. The molecule has 0 aliphatic rings. The Morgan fingerprint density at radius 3 is 1.59 bits per heavy atom. The summed E-state index contributed by atoms with van der Waals surface area (Å²) in [6.07, 6.45) is 0. The van der Waals surface area contributed by atoms with Crippen molar-refractivity contribution in [1.29, 1.82) is 0 Å². The van der Waals surface area contributed by atoms with Crippen molar-refractivity contribution in [2.75, 3.05) is 0 Å². The minimum Gasteiger partial charge on any atom is -0.455 e. The molecule has 0 unspecified atom stereocenters. The van der Waals surface area contributed by atoms with Crippen molar-refractivity contribution in [3.63, 3.8) is 0 Å². The van der Waals surface area contributed by atoms with Crippen LogP contribution >= 0.6 is 0 Å². The number of benzene rings is 8. The van der Waals surface area contributed by atoms with Gasteiger partial charge in [-0.15, -0.1) is 0 Å². The lowest BCUT2D eigenvalue weighted by Gasteiger charge is -2.13. The SMILES string of the molecule is c1ccc(-c2ccc(-c3cc(-n4c5ccccc5c5ccc(-c6nc(-c7ccccc7)cc(-c7ccccc7)n6)cc54)cc4c3oc3ccccc34)cc2)cc1. The van der Waals surface area contributed by atoms with Gasteiger partial charge in [-0.2, -0.15) is 0 Å². The first-order valence-electron chi connectivity index (χ1n) is 18.9. The molecule has 3 aromatic heterocycles. The zero-order valence-corrected chi connectivity index (χ0v) is 30.3. The Morgan fingerprint density at radius 1 is 0.357 bits per heavy atom. The van der Waals surface area contributed by atoms with E-state index >= 15 is 0 Å². The Morgan fingerprint density at radius 2 is 0.893 bits per heavy atom. The highest BCUT2D eigenvalue weighted by molar-refractivity contribution is 6.13. The van der Waals surface area contributed by atoms with Crippen LogP contribution in [0.25, 0.3) is 106 Å². The molecule has 4 nitrogen and oxygen atoms in total. The number of furan rings is 1. The smallest absolute Gasteiger partial charge is 0.160 e. The fourth-order valence-electron chi connectivity index (χ4n) is 8.11. The first-order chi connectivity index (χ1) is 27.7. The summed E-state index contributed by atoms with van der Waals surface area (Å²) in [7, 11) is 0. The summed E-state index contributed by atoms with van der Waals surface area (Å²) in [6.45, 7) is 0. The van der Waals surface area contributed by atoms with Crippen LogP contribution in [0.1, 0.15) is 0 Å². The van der Waals surface area contributed by atoms with Crippen LogP contribution in [0.15, 0.2) is 205 Å². The van der Waals surface area contributed by atoms with E-state index in [1.165, 1.54) is 16.5 Å². The molecule has 0 aliphatic carbocycles. The van der Waals surface area contributed by atoms with Crippen molar-refractivity contribution in [1.82, 2.24) is 14.5 Å². The zero-order chi connectivity index (χ0) is 37.0. The van der Waals surface area contributed by atoms with Gasteiger partial charge in [-0.1, -0.05) is 164 Å². The molecular weight excluding hydrogens is 683 g/mol. The summed E-state index contributed by atoms with van der Waals surface area (Å²) >= 11 is 0. The molecule has 0 N–H and O–H groups in total. The number of hydrogen-bond donors (Lipinski definition) is 0. The summed E-state index contributed by atoms with van der Waals surface area (Å²) in [5.74, 6) is 0.680. The number of nitrogens with zero attached hydrogens (tertiary/aromatic N) is 3. The van der Waals surface area contributed by atoms with E-state index in [1.54, 1.807) is 0 Å². The first-order valence-corrected chi connectivity index (χ1v) is 18.9. The van der Waals surface area contributed by atoms with Crippen LogP contribution in [-0.2, 0) is 0 Å². The fourth-order valence-corrected chi connectivity index (χ4v) is 8.11. The number of fused-ring (bicyclic) bond motifs is 6. The molecule has 8 aromatic carbocycles. The lowest BCUT2D eigenvalue weighted by molar-refractivity contribution is 0.670. The molecule has 0 amide bonds. The molecule has 0 spiro atoms. The van der Waals surface area contributed by atoms with Gasteiger partial charge >= 0.3 is 0 Å². The maximum absolute atomic E-state index is 6.65. The second-order valence-corrected chi connectivity index (χ2v) is 14.2. The number of para-hydroxylation sites is 2. The molecule has 0 fully saturated rings. The number of aromatic nitrogens is 3. The molecule has 3 heterocycles. The topological polar surface area (TPSA) is 43.9 Å². The van der Waals surface area contributed by atoms with Crippen molar-refractivity contribution in [3.05, 3.63) is 200 Å². The number of rotatable bonds is 6. The van der Waals surface area contributed by atoms with Gasteiger partial charge in [0.25, 0.3) is 0 Å². The van der Waals surface area contributed by atoms with E-state index in [0.717, 1.165) is 83.3 Å². The minimum atomic E-state index is 0.680. The Bertz CT molecular complexity index is 3160. The minimum absolute atomic E-state index is 0.680.